The molecule has 32 heavy (non-hydrogen) atoms. The molecule has 1 fully saturated rings. The van der Waals surface area contributed by atoms with E-state index in [1.165, 1.54) is 5.56 Å². The third-order valence-corrected chi connectivity index (χ3v) is 6.18. The van der Waals surface area contributed by atoms with Gasteiger partial charge in [0.05, 0.1) is 7.11 Å². The molecular formula is C25H28N4O3. The van der Waals surface area contributed by atoms with Crippen molar-refractivity contribution in [3.63, 3.8) is 0 Å². The van der Waals surface area contributed by atoms with Crippen LogP contribution in [0.4, 0.5) is 5.69 Å². The molecule has 4 rings (SSSR count). The van der Waals surface area contributed by atoms with Crippen molar-refractivity contribution in [2.45, 2.75) is 26.3 Å². The van der Waals surface area contributed by atoms with Crippen LogP contribution in [-0.2, 0) is 16.6 Å². The molecule has 166 valence electrons. The minimum Gasteiger partial charge on any atom is -0.496 e. The molecule has 7 nitrogen and oxygen atoms in total. The molecule has 0 bridgehead atoms. The van der Waals surface area contributed by atoms with E-state index >= 15 is 0 Å². The topological polar surface area (TPSA) is 76.5 Å². The van der Waals surface area contributed by atoms with Crippen molar-refractivity contribution in [2.75, 3.05) is 18.6 Å². The fourth-order valence-electron chi connectivity index (χ4n) is 4.16. The predicted octanol–water partition coefficient (Wildman–Crippen LogP) is 3.30. The van der Waals surface area contributed by atoms with Gasteiger partial charge in [0.1, 0.15) is 23.5 Å². The number of benzene rings is 2. The number of methoxy groups -OCH3 is 1. The van der Waals surface area contributed by atoms with Crippen LogP contribution >= 0.6 is 0 Å². The first-order valence-corrected chi connectivity index (χ1v) is 10.7. The molecule has 7 heteroatoms. The highest BCUT2D eigenvalue weighted by molar-refractivity contribution is 6.09. The fraction of sp³-hybridized carbons (Fsp3) is 0.320. The maximum absolute atomic E-state index is 13.3. The summed E-state index contributed by atoms with van der Waals surface area (Å²) in [6, 6.07) is 12.9. The minimum absolute atomic E-state index is 0.177. The van der Waals surface area contributed by atoms with Gasteiger partial charge in [-0.1, -0.05) is 24.3 Å². The number of anilines is 1. The Morgan fingerprint density at radius 2 is 1.97 bits per heavy atom. The summed E-state index contributed by atoms with van der Waals surface area (Å²) >= 11 is 0. The molecule has 0 radical (unpaired) electrons. The predicted molar refractivity (Wildman–Crippen MR) is 123 cm³/mol. The highest BCUT2D eigenvalue weighted by atomic mass is 16.5. The van der Waals surface area contributed by atoms with Crippen molar-refractivity contribution in [3.05, 3.63) is 77.4 Å². The number of hydrogen-bond acceptors (Lipinski definition) is 4. The molecule has 1 aliphatic rings. The first-order chi connectivity index (χ1) is 15.4. The summed E-state index contributed by atoms with van der Waals surface area (Å²) in [4.78, 5) is 32.6. The van der Waals surface area contributed by atoms with Gasteiger partial charge in [0.15, 0.2) is 0 Å². The zero-order valence-corrected chi connectivity index (χ0v) is 18.8. The summed E-state index contributed by atoms with van der Waals surface area (Å²) in [7, 11) is 3.47. The van der Waals surface area contributed by atoms with Crippen molar-refractivity contribution in [1.29, 1.82) is 0 Å². The van der Waals surface area contributed by atoms with Crippen LogP contribution in [0.2, 0.25) is 0 Å². The van der Waals surface area contributed by atoms with Gasteiger partial charge in [-0.3, -0.25) is 9.59 Å². The zero-order valence-electron chi connectivity index (χ0n) is 18.8. The molecule has 0 saturated carbocycles. The molecule has 2 unspecified atom stereocenters. The van der Waals surface area contributed by atoms with Gasteiger partial charge in [-0.2, -0.15) is 0 Å². The third-order valence-electron chi connectivity index (χ3n) is 6.18. The SMILES string of the molecule is COc1ccccc1C(NC(=O)C1CCN(c2ccc(C)c(C)c2)C1=O)c1nccn1C. The van der Waals surface area contributed by atoms with Gasteiger partial charge in [-0.05, 0) is 49.6 Å². The standard InChI is InChI=1S/C25H28N4O3/c1-16-9-10-18(15-17(16)2)29-13-11-20(25(29)31)24(30)27-22(23-26-12-14-28(23)3)19-7-5-6-8-21(19)32-4/h5-10,12,14-15,20,22H,11,13H2,1-4H3,(H,27,30). The van der Waals surface area contributed by atoms with Crippen molar-refractivity contribution in [3.8, 4) is 5.75 Å². The number of nitrogens with one attached hydrogen (secondary N) is 1. The van der Waals surface area contributed by atoms with E-state index in [-0.39, 0.29) is 11.8 Å². The number of ether oxygens (including phenoxy) is 1. The molecule has 2 heterocycles. The smallest absolute Gasteiger partial charge is 0.239 e. The normalized spacial score (nSPS) is 16.8. The molecule has 2 atom stereocenters. The van der Waals surface area contributed by atoms with E-state index in [0.717, 1.165) is 16.8 Å². The van der Waals surface area contributed by atoms with Crippen molar-refractivity contribution < 1.29 is 14.3 Å². The largest absolute Gasteiger partial charge is 0.496 e. The number of aryl methyl sites for hydroxylation is 3. The number of carbonyl (C=O) groups excluding carboxylic acids is 2. The maximum Gasteiger partial charge on any atom is 0.239 e. The second kappa shape index (κ2) is 8.86. The molecule has 1 aliphatic heterocycles. The van der Waals surface area contributed by atoms with E-state index < -0.39 is 12.0 Å². The van der Waals surface area contributed by atoms with Crippen LogP contribution in [0.25, 0.3) is 0 Å². The summed E-state index contributed by atoms with van der Waals surface area (Å²) in [6.07, 6.45) is 3.98. The average Bonchev–Trinajstić information content (AvgIpc) is 3.39. The fourth-order valence-corrected chi connectivity index (χ4v) is 4.16. The number of carbonyl (C=O) groups is 2. The molecule has 1 aromatic heterocycles. The second-order valence-corrected chi connectivity index (χ2v) is 8.18. The lowest BCUT2D eigenvalue weighted by molar-refractivity contribution is -0.132. The quantitative estimate of drug-likeness (QED) is 0.607. The lowest BCUT2D eigenvalue weighted by atomic mass is 10.0. The minimum atomic E-state index is -0.742. The Hall–Kier alpha value is -3.61. The number of imidazole rings is 1. The summed E-state index contributed by atoms with van der Waals surface area (Å²) < 4.78 is 7.38. The van der Waals surface area contributed by atoms with E-state index in [1.54, 1.807) is 18.2 Å². The first-order valence-electron chi connectivity index (χ1n) is 10.7. The Balaban J connectivity index is 1.59. The monoisotopic (exact) mass is 432 g/mol. The lowest BCUT2D eigenvalue weighted by Gasteiger charge is -2.23. The molecule has 2 amide bonds. The third kappa shape index (κ3) is 3.98. The first kappa shape index (κ1) is 21.6. The molecule has 1 N–H and O–H groups in total. The Morgan fingerprint density at radius 1 is 1.19 bits per heavy atom. The summed E-state index contributed by atoms with van der Waals surface area (Å²) in [5.41, 5.74) is 3.91. The number of nitrogens with zero attached hydrogens (tertiary/aromatic N) is 3. The van der Waals surface area contributed by atoms with E-state index in [9.17, 15) is 9.59 Å². The van der Waals surface area contributed by atoms with E-state index in [0.29, 0.717) is 24.5 Å². The molecule has 0 aliphatic carbocycles. The maximum atomic E-state index is 13.3. The van der Waals surface area contributed by atoms with Gasteiger partial charge < -0.3 is 19.5 Å². The lowest BCUT2D eigenvalue weighted by Crippen LogP contribution is -2.39. The van der Waals surface area contributed by atoms with Crippen molar-refractivity contribution in [1.82, 2.24) is 14.9 Å². The molecular weight excluding hydrogens is 404 g/mol. The number of para-hydroxylation sites is 1. The molecule has 1 saturated heterocycles. The van der Waals surface area contributed by atoms with Crippen LogP contribution in [0.1, 0.15) is 35.0 Å². The van der Waals surface area contributed by atoms with Crippen LogP contribution in [0.5, 0.6) is 5.75 Å². The highest BCUT2D eigenvalue weighted by Gasteiger charge is 2.39. The van der Waals surface area contributed by atoms with Gasteiger partial charge >= 0.3 is 0 Å². The number of aromatic nitrogens is 2. The Morgan fingerprint density at radius 3 is 2.66 bits per heavy atom. The van der Waals surface area contributed by atoms with E-state index in [4.69, 9.17) is 4.74 Å². The summed E-state index contributed by atoms with van der Waals surface area (Å²) in [6.45, 7) is 4.58. The Labute approximate surface area is 188 Å². The second-order valence-electron chi connectivity index (χ2n) is 8.18. The van der Waals surface area contributed by atoms with Crippen LogP contribution < -0.4 is 15.0 Å². The number of amides is 2. The van der Waals surface area contributed by atoms with E-state index in [2.05, 4.69) is 10.3 Å². The van der Waals surface area contributed by atoms with Crippen molar-refractivity contribution in [2.24, 2.45) is 13.0 Å². The van der Waals surface area contributed by atoms with Crippen LogP contribution in [0, 0.1) is 19.8 Å². The van der Waals surface area contributed by atoms with E-state index in [1.807, 2.05) is 74.1 Å². The number of hydrogen-bond donors (Lipinski definition) is 1. The number of rotatable bonds is 6. The highest BCUT2D eigenvalue weighted by Crippen LogP contribution is 2.31. The zero-order chi connectivity index (χ0) is 22.8. The average molecular weight is 433 g/mol. The molecule has 0 spiro atoms. The molecule has 3 aromatic rings. The van der Waals surface area contributed by atoms with Crippen molar-refractivity contribution >= 4 is 17.5 Å². The van der Waals surface area contributed by atoms with Gasteiger partial charge in [0.2, 0.25) is 11.8 Å². The molecule has 2 aromatic carbocycles. The van der Waals surface area contributed by atoms with Crippen LogP contribution in [-0.4, -0.2) is 35.0 Å². The van der Waals surface area contributed by atoms with Gasteiger partial charge in [0, 0.05) is 37.2 Å². The van der Waals surface area contributed by atoms with Crippen LogP contribution in [0.3, 0.4) is 0 Å². The van der Waals surface area contributed by atoms with Gasteiger partial charge in [-0.25, -0.2) is 4.98 Å². The Kier molecular flexibility index (Phi) is 5.99. The van der Waals surface area contributed by atoms with Gasteiger partial charge in [-0.15, -0.1) is 0 Å². The van der Waals surface area contributed by atoms with Gasteiger partial charge in [0.25, 0.3) is 0 Å². The summed E-state index contributed by atoms with van der Waals surface area (Å²) in [5.74, 6) is 0.0910. The summed E-state index contributed by atoms with van der Waals surface area (Å²) in [5, 5.41) is 3.07. The van der Waals surface area contributed by atoms with Crippen LogP contribution in [0.15, 0.2) is 54.9 Å². The Bertz CT molecular complexity index is 1150.